The Morgan fingerprint density at radius 2 is 1.55 bits per heavy atom. The first-order chi connectivity index (χ1) is 10.8. The average molecular weight is 293 g/mol. The van der Waals surface area contributed by atoms with Crippen LogP contribution >= 0.6 is 0 Å². The Labute approximate surface area is 133 Å². The van der Waals surface area contributed by atoms with E-state index in [-0.39, 0.29) is 6.04 Å². The van der Waals surface area contributed by atoms with Gasteiger partial charge in [-0.2, -0.15) is 0 Å². The van der Waals surface area contributed by atoms with E-state index in [9.17, 15) is 0 Å². The smallest absolute Gasteiger partial charge is 0.133 e. The number of methoxy groups -OCH3 is 1. The van der Waals surface area contributed by atoms with E-state index in [2.05, 4.69) is 35.5 Å². The van der Waals surface area contributed by atoms with Crippen molar-refractivity contribution in [2.75, 3.05) is 14.2 Å². The second-order valence-electron chi connectivity index (χ2n) is 5.26. The molecule has 2 rings (SSSR count). The molecule has 0 fully saturated rings. The molecule has 0 aliphatic rings. The number of rotatable bonds is 7. The molecule has 114 valence electrons. The lowest BCUT2D eigenvalue weighted by molar-refractivity contribution is -0.0115. The molecule has 2 aromatic rings. The minimum atomic E-state index is -0.561. The molecule has 0 aliphatic heterocycles. The van der Waals surface area contributed by atoms with E-state index < -0.39 is 5.60 Å². The summed E-state index contributed by atoms with van der Waals surface area (Å²) >= 11 is 0. The maximum absolute atomic E-state index is 6.13. The van der Waals surface area contributed by atoms with E-state index >= 15 is 0 Å². The normalized spacial score (nSPS) is 12.6. The van der Waals surface area contributed by atoms with Gasteiger partial charge < -0.3 is 10.1 Å². The van der Waals surface area contributed by atoms with Gasteiger partial charge in [-0.1, -0.05) is 60.7 Å². The summed E-state index contributed by atoms with van der Waals surface area (Å²) in [6.07, 6.45) is 7.02. The third-order valence-electron chi connectivity index (χ3n) is 4.14. The summed E-state index contributed by atoms with van der Waals surface area (Å²) in [5, 5.41) is 3.41. The van der Waals surface area contributed by atoms with Crippen molar-refractivity contribution in [1.29, 1.82) is 0 Å². The number of likely N-dealkylation sites (N-methyl/N-ethyl adjacent to an activating group) is 1. The average Bonchev–Trinajstić information content (AvgIpc) is 2.60. The quantitative estimate of drug-likeness (QED) is 0.788. The van der Waals surface area contributed by atoms with Crippen LogP contribution in [0.1, 0.15) is 24.0 Å². The number of hydrogen-bond acceptors (Lipinski definition) is 2. The molecular formula is C20H23NO. The van der Waals surface area contributed by atoms with Crippen LogP contribution in [-0.4, -0.2) is 20.2 Å². The van der Waals surface area contributed by atoms with E-state index in [1.54, 1.807) is 7.11 Å². The Morgan fingerprint density at radius 3 is 1.91 bits per heavy atom. The van der Waals surface area contributed by atoms with Crippen LogP contribution in [0.25, 0.3) is 0 Å². The molecule has 2 heteroatoms. The van der Waals surface area contributed by atoms with Gasteiger partial charge in [-0.25, -0.2) is 0 Å². The number of hydrogen-bond donors (Lipinski definition) is 1. The minimum absolute atomic E-state index is 0.0818. The highest BCUT2D eigenvalue weighted by Gasteiger charge is 2.41. The van der Waals surface area contributed by atoms with Crippen LogP contribution < -0.4 is 5.32 Å². The number of nitrogens with one attached hydrogen (secondary N) is 1. The molecule has 0 radical (unpaired) electrons. The van der Waals surface area contributed by atoms with Gasteiger partial charge in [0.15, 0.2) is 0 Å². The molecule has 1 unspecified atom stereocenters. The van der Waals surface area contributed by atoms with Crippen LogP contribution in [0.5, 0.6) is 0 Å². The Balaban J connectivity index is 2.59. The van der Waals surface area contributed by atoms with Crippen molar-refractivity contribution in [3.63, 3.8) is 0 Å². The van der Waals surface area contributed by atoms with Crippen LogP contribution in [0.3, 0.4) is 0 Å². The van der Waals surface area contributed by atoms with Crippen molar-refractivity contribution in [1.82, 2.24) is 5.32 Å². The highest BCUT2D eigenvalue weighted by molar-refractivity contribution is 5.38. The Hall–Kier alpha value is -2.08. The largest absolute Gasteiger partial charge is 0.367 e. The molecule has 2 aromatic carbocycles. The van der Waals surface area contributed by atoms with Crippen molar-refractivity contribution in [2.24, 2.45) is 0 Å². The fourth-order valence-electron chi connectivity index (χ4n) is 3.10. The molecule has 22 heavy (non-hydrogen) atoms. The molecule has 0 saturated heterocycles. The van der Waals surface area contributed by atoms with E-state index in [4.69, 9.17) is 11.2 Å². The first kappa shape index (κ1) is 16.3. The summed E-state index contributed by atoms with van der Waals surface area (Å²) in [6, 6.07) is 20.7. The van der Waals surface area contributed by atoms with E-state index in [0.29, 0.717) is 6.42 Å². The lowest BCUT2D eigenvalue weighted by atomic mass is 9.78. The molecule has 0 saturated carbocycles. The fraction of sp³-hybridized carbons (Fsp3) is 0.300. The zero-order valence-corrected chi connectivity index (χ0v) is 13.3. The zero-order valence-electron chi connectivity index (χ0n) is 13.3. The third-order valence-corrected chi connectivity index (χ3v) is 4.14. The second kappa shape index (κ2) is 7.79. The molecule has 0 spiro atoms. The lowest BCUT2D eigenvalue weighted by Crippen LogP contribution is -2.49. The van der Waals surface area contributed by atoms with Crippen molar-refractivity contribution in [3.05, 3.63) is 71.8 Å². The highest BCUT2D eigenvalue weighted by Crippen LogP contribution is 2.38. The van der Waals surface area contributed by atoms with Crippen LogP contribution in [0.2, 0.25) is 0 Å². The molecule has 0 amide bonds. The summed E-state index contributed by atoms with van der Waals surface area (Å²) in [5.74, 6) is 2.74. The van der Waals surface area contributed by atoms with Crippen LogP contribution in [0, 0.1) is 12.3 Å². The third kappa shape index (κ3) is 3.06. The van der Waals surface area contributed by atoms with Gasteiger partial charge in [0.05, 0.1) is 0 Å². The second-order valence-corrected chi connectivity index (χ2v) is 5.26. The first-order valence-corrected chi connectivity index (χ1v) is 7.56. The molecule has 0 aliphatic carbocycles. The Morgan fingerprint density at radius 1 is 1.05 bits per heavy atom. The Kier molecular flexibility index (Phi) is 5.77. The Bertz CT molecular complexity index is 561. The maximum atomic E-state index is 6.13. The highest BCUT2D eigenvalue weighted by atomic mass is 16.5. The van der Waals surface area contributed by atoms with Gasteiger partial charge in [0, 0.05) is 19.6 Å². The molecule has 0 aromatic heterocycles. The fourth-order valence-corrected chi connectivity index (χ4v) is 3.10. The summed E-state index contributed by atoms with van der Waals surface area (Å²) in [5.41, 5.74) is 1.69. The van der Waals surface area contributed by atoms with E-state index in [1.165, 1.54) is 0 Å². The predicted octanol–water partition coefficient (Wildman–Crippen LogP) is 3.58. The van der Waals surface area contributed by atoms with E-state index in [1.807, 2.05) is 43.4 Å². The number of benzene rings is 2. The van der Waals surface area contributed by atoms with Gasteiger partial charge in [-0.3, -0.25) is 0 Å². The van der Waals surface area contributed by atoms with Gasteiger partial charge in [0.25, 0.3) is 0 Å². The molecule has 1 atom stereocenters. The monoisotopic (exact) mass is 293 g/mol. The number of ether oxygens (including phenoxy) is 1. The molecule has 2 nitrogen and oxygen atoms in total. The summed E-state index contributed by atoms with van der Waals surface area (Å²) in [6.45, 7) is 0. The lowest BCUT2D eigenvalue weighted by Gasteiger charge is -2.40. The van der Waals surface area contributed by atoms with Gasteiger partial charge >= 0.3 is 0 Å². The SMILES string of the molecule is C#CCCC(NC)C(OC)(c1ccccc1)c1ccccc1. The number of terminal acetylenes is 1. The van der Waals surface area contributed by atoms with Crippen molar-refractivity contribution < 1.29 is 4.74 Å². The topological polar surface area (TPSA) is 21.3 Å². The zero-order chi connectivity index (χ0) is 15.8. The van der Waals surface area contributed by atoms with Gasteiger partial charge in [0.1, 0.15) is 5.60 Å². The van der Waals surface area contributed by atoms with Crippen LogP contribution in [-0.2, 0) is 10.3 Å². The van der Waals surface area contributed by atoms with Crippen molar-refractivity contribution in [3.8, 4) is 12.3 Å². The van der Waals surface area contributed by atoms with Crippen LogP contribution in [0.15, 0.2) is 60.7 Å². The maximum Gasteiger partial charge on any atom is 0.133 e. The van der Waals surface area contributed by atoms with E-state index in [0.717, 1.165) is 17.5 Å². The summed E-state index contributed by atoms with van der Waals surface area (Å²) < 4.78 is 6.13. The molecule has 1 N–H and O–H groups in total. The van der Waals surface area contributed by atoms with Gasteiger partial charge in [0.2, 0.25) is 0 Å². The summed E-state index contributed by atoms with van der Waals surface area (Å²) in [7, 11) is 3.72. The van der Waals surface area contributed by atoms with Gasteiger partial charge in [-0.05, 0) is 24.6 Å². The predicted molar refractivity (Wildman–Crippen MR) is 91.6 cm³/mol. The molecular weight excluding hydrogens is 270 g/mol. The molecule has 0 bridgehead atoms. The van der Waals surface area contributed by atoms with Gasteiger partial charge in [-0.15, -0.1) is 12.3 Å². The first-order valence-electron chi connectivity index (χ1n) is 7.56. The summed E-state index contributed by atoms with van der Waals surface area (Å²) in [4.78, 5) is 0. The molecule has 0 heterocycles. The van der Waals surface area contributed by atoms with Crippen LogP contribution in [0.4, 0.5) is 0 Å². The standard InChI is InChI=1S/C20H23NO/c1-4-5-16-19(21-2)20(22-3,17-12-8-6-9-13-17)18-14-10-7-11-15-18/h1,6-15,19,21H,5,16H2,2-3H3. The van der Waals surface area contributed by atoms with Crippen molar-refractivity contribution in [2.45, 2.75) is 24.5 Å². The van der Waals surface area contributed by atoms with Crippen molar-refractivity contribution >= 4 is 0 Å². The minimum Gasteiger partial charge on any atom is -0.367 e.